The summed E-state index contributed by atoms with van der Waals surface area (Å²) in [6.45, 7) is 18.6. The highest BCUT2D eigenvalue weighted by atomic mass is 32.1. The molecule has 0 aliphatic heterocycles. The molecule has 0 unspecified atom stereocenters. The van der Waals surface area contributed by atoms with Gasteiger partial charge in [-0.05, 0) is 50.9 Å². The second-order valence-electron chi connectivity index (χ2n) is 9.38. The Labute approximate surface area is 220 Å². The molecular formula is C27H44N6O2S. The number of aryl methyl sites for hydroxylation is 2. The first kappa shape index (κ1) is 31.4. The van der Waals surface area contributed by atoms with Crippen molar-refractivity contribution >= 4 is 38.5 Å². The first-order chi connectivity index (χ1) is 17.0. The molecule has 2 heterocycles. The van der Waals surface area contributed by atoms with Crippen LogP contribution in [0, 0.1) is 12.8 Å². The summed E-state index contributed by atoms with van der Waals surface area (Å²) in [4.78, 5) is 30.5. The number of nitrogens with two attached hydrogens (primary N) is 1. The number of aromatic nitrogens is 3. The molecule has 0 bridgehead atoms. The van der Waals surface area contributed by atoms with Gasteiger partial charge in [-0.25, -0.2) is 4.68 Å². The van der Waals surface area contributed by atoms with Crippen LogP contribution in [-0.2, 0) is 7.05 Å². The standard InChI is InChI=1S/C15H14N4O2S.C8H20N2.C4H10/c1-8-4-6-10(7-5-8)14(21)17-15-16-13-12(22-15)11(9(2)20)18-19(13)3;1-3-6-10(7-4-2)8-5-9;1-4(2)3/h4-7H,1-3H3,(H,16,17,21);3-9H2,1-2H3;4H,1-3H3. The first-order valence-electron chi connectivity index (χ1n) is 12.7. The molecule has 0 spiro atoms. The number of carbonyl (C=O) groups is 2. The molecule has 9 heteroatoms. The zero-order valence-electron chi connectivity index (χ0n) is 23.2. The number of carbonyl (C=O) groups excluding carboxylic acids is 2. The molecule has 0 saturated heterocycles. The molecular weight excluding hydrogens is 472 g/mol. The Kier molecular flexibility index (Phi) is 14.1. The minimum absolute atomic E-state index is 0.120. The van der Waals surface area contributed by atoms with E-state index in [9.17, 15) is 9.59 Å². The van der Waals surface area contributed by atoms with E-state index in [2.05, 4.69) is 54.9 Å². The lowest BCUT2D eigenvalue weighted by Gasteiger charge is -2.19. The van der Waals surface area contributed by atoms with Gasteiger partial charge in [-0.3, -0.25) is 14.9 Å². The molecule has 3 aromatic rings. The van der Waals surface area contributed by atoms with Crippen LogP contribution < -0.4 is 11.1 Å². The third kappa shape index (κ3) is 10.6. The molecule has 2 aromatic heterocycles. The van der Waals surface area contributed by atoms with E-state index in [4.69, 9.17) is 5.73 Å². The summed E-state index contributed by atoms with van der Waals surface area (Å²) in [6.07, 6.45) is 2.47. The minimum Gasteiger partial charge on any atom is -0.329 e. The summed E-state index contributed by atoms with van der Waals surface area (Å²) >= 11 is 1.25. The Hall–Kier alpha value is -2.62. The van der Waals surface area contributed by atoms with Gasteiger partial charge in [0.25, 0.3) is 5.91 Å². The summed E-state index contributed by atoms with van der Waals surface area (Å²) in [5.41, 5.74) is 8.08. The zero-order chi connectivity index (χ0) is 27.3. The molecule has 8 nitrogen and oxygen atoms in total. The fraction of sp³-hybridized carbons (Fsp3) is 0.556. The fourth-order valence-corrected chi connectivity index (χ4v) is 4.26. The van der Waals surface area contributed by atoms with Crippen LogP contribution in [0.3, 0.4) is 0 Å². The molecule has 0 atom stereocenters. The lowest BCUT2D eigenvalue weighted by molar-refractivity contribution is 0.101. The number of fused-ring (bicyclic) bond motifs is 1. The Morgan fingerprint density at radius 1 is 1.08 bits per heavy atom. The molecule has 200 valence electrons. The lowest BCUT2D eigenvalue weighted by Crippen LogP contribution is -2.30. The maximum atomic E-state index is 12.2. The quantitative estimate of drug-likeness (QED) is 0.363. The molecule has 36 heavy (non-hydrogen) atoms. The molecule has 0 radical (unpaired) electrons. The smallest absolute Gasteiger partial charge is 0.257 e. The van der Waals surface area contributed by atoms with Crippen molar-refractivity contribution in [3.63, 3.8) is 0 Å². The van der Waals surface area contributed by atoms with Crippen molar-refractivity contribution in [2.24, 2.45) is 18.7 Å². The molecule has 3 N–H and O–H groups in total. The fourth-order valence-electron chi connectivity index (χ4n) is 3.24. The molecule has 3 rings (SSSR count). The Morgan fingerprint density at radius 3 is 2.11 bits per heavy atom. The third-order valence-corrected chi connectivity index (χ3v) is 5.74. The van der Waals surface area contributed by atoms with Crippen LogP contribution in [0.2, 0.25) is 0 Å². The maximum absolute atomic E-state index is 12.2. The van der Waals surface area contributed by atoms with Gasteiger partial charge in [0.05, 0.1) is 0 Å². The van der Waals surface area contributed by atoms with Gasteiger partial charge in [0.2, 0.25) is 0 Å². The van der Waals surface area contributed by atoms with Gasteiger partial charge < -0.3 is 10.6 Å². The Balaban J connectivity index is 0.000000388. The highest BCUT2D eigenvalue weighted by Gasteiger charge is 2.18. The van der Waals surface area contributed by atoms with Crippen LogP contribution in [0.25, 0.3) is 10.3 Å². The number of rotatable bonds is 9. The van der Waals surface area contributed by atoms with E-state index in [-0.39, 0.29) is 11.7 Å². The SMILES string of the molecule is CC(=O)c1nn(C)c2nc(NC(=O)c3ccc(C)cc3)sc12.CC(C)C.CCCN(CCC)CCN. The van der Waals surface area contributed by atoms with Crippen molar-refractivity contribution in [1.82, 2.24) is 19.7 Å². The summed E-state index contributed by atoms with van der Waals surface area (Å²) in [5.74, 6) is 0.488. The van der Waals surface area contributed by atoms with Gasteiger partial charge in [0.1, 0.15) is 10.4 Å². The molecule has 1 aromatic carbocycles. The number of ketones is 1. The second-order valence-corrected chi connectivity index (χ2v) is 10.4. The lowest BCUT2D eigenvalue weighted by atomic mass is 10.1. The van der Waals surface area contributed by atoms with E-state index in [1.165, 1.54) is 44.2 Å². The van der Waals surface area contributed by atoms with E-state index in [0.29, 0.717) is 26.7 Å². The van der Waals surface area contributed by atoms with E-state index >= 15 is 0 Å². The normalized spacial score (nSPS) is 10.6. The number of hydrogen-bond acceptors (Lipinski definition) is 7. The van der Waals surface area contributed by atoms with E-state index < -0.39 is 0 Å². The number of nitrogens with zero attached hydrogens (tertiary/aromatic N) is 4. The van der Waals surface area contributed by atoms with Gasteiger partial charge in [-0.2, -0.15) is 10.1 Å². The molecule has 0 fully saturated rings. The average molecular weight is 517 g/mol. The van der Waals surface area contributed by atoms with Crippen LogP contribution in [0.4, 0.5) is 5.13 Å². The third-order valence-electron chi connectivity index (χ3n) is 4.77. The number of thiazole rings is 1. The van der Waals surface area contributed by atoms with Gasteiger partial charge in [0, 0.05) is 32.6 Å². The van der Waals surface area contributed by atoms with Crippen molar-refractivity contribution in [1.29, 1.82) is 0 Å². The predicted octanol–water partition coefficient (Wildman–Crippen LogP) is 5.52. The van der Waals surface area contributed by atoms with Crippen LogP contribution in [0.1, 0.15) is 80.8 Å². The highest BCUT2D eigenvalue weighted by molar-refractivity contribution is 7.22. The van der Waals surface area contributed by atoms with E-state index in [0.717, 1.165) is 24.6 Å². The first-order valence-corrected chi connectivity index (χ1v) is 13.5. The topological polar surface area (TPSA) is 106 Å². The van der Waals surface area contributed by atoms with Crippen molar-refractivity contribution < 1.29 is 9.59 Å². The van der Waals surface area contributed by atoms with Gasteiger partial charge in [0.15, 0.2) is 16.6 Å². The van der Waals surface area contributed by atoms with E-state index in [1.54, 1.807) is 23.9 Å². The molecule has 0 saturated carbocycles. The Bertz CT molecular complexity index is 1060. The monoisotopic (exact) mass is 516 g/mol. The number of Topliss-reactive ketones (excluding diaryl/α,β-unsaturated/α-hetero) is 1. The number of anilines is 1. The summed E-state index contributed by atoms with van der Waals surface area (Å²) in [6, 6.07) is 7.29. The van der Waals surface area contributed by atoms with E-state index in [1.807, 2.05) is 19.1 Å². The zero-order valence-corrected chi connectivity index (χ0v) is 24.0. The van der Waals surface area contributed by atoms with Gasteiger partial charge in [-0.1, -0.05) is 63.7 Å². The summed E-state index contributed by atoms with van der Waals surface area (Å²) < 4.78 is 2.23. The van der Waals surface area contributed by atoms with Gasteiger partial charge in [-0.15, -0.1) is 0 Å². The van der Waals surface area contributed by atoms with Crippen molar-refractivity contribution in [2.75, 3.05) is 31.5 Å². The van der Waals surface area contributed by atoms with Crippen LogP contribution in [-0.4, -0.2) is 57.5 Å². The number of amides is 1. The molecule has 0 aliphatic carbocycles. The maximum Gasteiger partial charge on any atom is 0.257 e. The second kappa shape index (κ2) is 16.2. The number of benzene rings is 1. The highest BCUT2D eigenvalue weighted by Crippen LogP contribution is 2.29. The van der Waals surface area contributed by atoms with Crippen molar-refractivity contribution in [2.45, 2.75) is 61.3 Å². The van der Waals surface area contributed by atoms with Gasteiger partial charge >= 0.3 is 0 Å². The average Bonchev–Trinajstić information content (AvgIpc) is 3.34. The molecule has 1 amide bonds. The summed E-state index contributed by atoms with van der Waals surface area (Å²) in [5, 5.41) is 7.36. The predicted molar refractivity (Wildman–Crippen MR) is 152 cm³/mol. The minimum atomic E-state index is -0.226. The van der Waals surface area contributed by atoms with Crippen LogP contribution >= 0.6 is 11.3 Å². The number of nitrogens with one attached hydrogen (secondary N) is 1. The van der Waals surface area contributed by atoms with Crippen LogP contribution in [0.5, 0.6) is 0 Å². The summed E-state index contributed by atoms with van der Waals surface area (Å²) in [7, 11) is 1.72. The van der Waals surface area contributed by atoms with Crippen LogP contribution in [0.15, 0.2) is 24.3 Å². The largest absolute Gasteiger partial charge is 0.329 e. The number of hydrogen-bond donors (Lipinski definition) is 2. The Morgan fingerprint density at radius 2 is 1.64 bits per heavy atom. The van der Waals surface area contributed by atoms with Crippen molar-refractivity contribution in [3.8, 4) is 0 Å². The molecule has 0 aliphatic rings. The van der Waals surface area contributed by atoms with Crippen molar-refractivity contribution in [3.05, 3.63) is 41.1 Å².